The third kappa shape index (κ3) is 4.21. The molecule has 0 aliphatic carbocycles. The van der Waals surface area contributed by atoms with Crippen LogP contribution >= 0.6 is 0 Å². The average Bonchev–Trinajstić information content (AvgIpc) is 2.63. The fourth-order valence-corrected chi connectivity index (χ4v) is 2.69. The standard InChI is InChI=1S/C21H22N2O/c1-17(24)20-12-13-22-21(14-20)23(15-18-8-4-2-5-9-18)16-19-10-6-3-7-11-19/h2-14,17,24H,15-16H2,1H3/t17-/m1/s1. The predicted molar refractivity (Wildman–Crippen MR) is 97.6 cm³/mol. The lowest BCUT2D eigenvalue weighted by Crippen LogP contribution is -2.23. The van der Waals surface area contributed by atoms with Gasteiger partial charge in [0.1, 0.15) is 5.82 Å². The molecular formula is C21H22N2O. The minimum atomic E-state index is -0.498. The highest BCUT2D eigenvalue weighted by Gasteiger charge is 2.12. The van der Waals surface area contributed by atoms with Gasteiger partial charge in [0.2, 0.25) is 0 Å². The Morgan fingerprint density at radius 2 is 1.42 bits per heavy atom. The molecule has 24 heavy (non-hydrogen) atoms. The summed E-state index contributed by atoms with van der Waals surface area (Å²) in [6.45, 7) is 3.32. The monoisotopic (exact) mass is 318 g/mol. The summed E-state index contributed by atoms with van der Waals surface area (Å²) in [7, 11) is 0. The molecule has 0 bridgehead atoms. The van der Waals surface area contributed by atoms with Crippen LogP contribution in [0.3, 0.4) is 0 Å². The van der Waals surface area contributed by atoms with E-state index < -0.39 is 6.10 Å². The van der Waals surface area contributed by atoms with Crippen molar-refractivity contribution in [3.63, 3.8) is 0 Å². The molecule has 1 N–H and O–H groups in total. The van der Waals surface area contributed by atoms with Gasteiger partial charge in [-0.2, -0.15) is 0 Å². The van der Waals surface area contributed by atoms with Crippen LogP contribution in [0.5, 0.6) is 0 Å². The molecule has 1 atom stereocenters. The van der Waals surface area contributed by atoms with Crippen molar-refractivity contribution in [3.8, 4) is 0 Å². The molecule has 122 valence electrons. The van der Waals surface area contributed by atoms with Gasteiger partial charge in [0.25, 0.3) is 0 Å². The highest BCUT2D eigenvalue weighted by Crippen LogP contribution is 2.22. The molecule has 1 heterocycles. The third-order valence-electron chi connectivity index (χ3n) is 4.01. The first-order chi connectivity index (χ1) is 11.7. The van der Waals surface area contributed by atoms with Gasteiger partial charge in [0, 0.05) is 19.3 Å². The van der Waals surface area contributed by atoms with Crippen LogP contribution in [-0.4, -0.2) is 10.1 Å². The summed E-state index contributed by atoms with van der Waals surface area (Å²) in [4.78, 5) is 6.76. The second-order valence-electron chi connectivity index (χ2n) is 5.95. The Morgan fingerprint density at radius 1 is 0.875 bits per heavy atom. The molecule has 0 unspecified atom stereocenters. The second kappa shape index (κ2) is 7.75. The molecule has 3 aromatic rings. The van der Waals surface area contributed by atoms with E-state index >= 15 is 0 Å². The van der Waals surface area contributed by atoms with Crippen LogP contribution in [0.15, 0.2) is 79.0 Å². The second-order valence-corrected chi connectivity index (χ2v) is 5.95. The quantitative estimate of drug-likeness (QED) is 0.734. The number of aliphatic hydroxyl groups is 1. The van der Waals surface area contributed by atoms with Gasteiger partial charge in [0.15, 0.2) is 0 Å². The van der Waals surface area contributed by atoms with Crippen LogP contribution in [0.1, 0.15) is 29.7 Å². The Hall–Kier alpha value is -2.65. The molecule has 0 aliphatic rings. The molecule has 0 saturated carbocycles. The zero-order valence-electron chi connectivity index (χ0n) is 13.8. The van der Waals surface area contributed by atoms with E-state index in [-0.39, 0.29) is 0 Å². The number of hydrogen-bond donors (Lipinski definition) is 1. The van der Waals surface area contributed by atoms with E-state index in [0.717, 1.165) is 24.5 Å². The molecule has 0 aliphatic heterocycles. The van der Waals surface area contributed by atoms with Gasteiger partial charge < -0.3 is 10.0 Å². The summed E-state index contributed by atoms with van der Waals surface area (Å²) >= 11 is 0. The topological polar surface area (TPSA) is 36.4 Å². The molecule has 0 fully saturated rings. The molecular weight excluding hydrogens is 296 g/mol. The number of nitrogens with zero attached hydrogens (tertiary/aromatic N) is 2. The van der Waals surface area contributed by atoms with Crippen LogP contribution < -0.4 is 4.90 Å². The first-order valence-corrected chi connectivity index (χ1v) is 8.19. The fourth-order valence-electron chi connectivity index (χ4n) is 2.69. The van der Waals surface area contributed by atoms with Crippen molar-refractivity contribution in [3.05, 3.63) is 95.7 Å². The summed E-state index contributed by atoms with van der Waals surface area (Å²) in [6.07, 6.45) is 1.27. The first-order valence-electron chi connectivity index (χ1n) is 8.19. The summed E-state index contributed by atoms with van der Waals surface area (Å²) in [5, 5.41) is 9.86. The lowest BCUT2D eigenvalue weighted by molar-refractivity contribution is 0.199. The van der Waals surface area contributed by atoms with Crippen LogP contribution in [0.2, 0.25) is 0 Å². The lowest BCUT2D eigenvalue weighted by atomic mass is 10.1. The van der Waals surface area contributed by atoms with Gasteiger partial charge in [-0.3, -0.25) is 0 Å². The smallest absolute Gasteiger partial charge is 0.129 e. The van der Waals surface area contributed by atoms with Gasteiger partial charge in [-0.1, -0.05) is 60.7 Å². The Morgan fingerprint density at radius 3 is 1.92 bits per heavy atom. The van der Waals surface area contributed by atoms with E-state index in [9.17, 15) is 5.11 Å². The number of rotatable bonds is 6. The number of benzene rings is 2. The van der Waals surface area contributed by atoms with E-state index in [1.807, 2.05) is 24.3 Å². The zero-order chi connectivity index (χ0) is 16.8. The summed E-state index contributed by atoms with van der Waals surface area (Å²) in [5.41, 5.74) is 3.35. The Labute approximate surface area is 143 Å². The number of aliphatic hydroxyl groups excluding tert-OH is 1. The summed E-state index contributed by atoms with van der Waals surface area (Å²) < 4.78 is 0. The zero-order valence-corrected chi connectivity index (χ0v) is 13.8. The lowest BCUT2D eigenvalue weighted by Gasteiger charge is -2.25. The third-order valence-corrected chi connectivity index (χ3v) is 4.01. The van der Waals surface area contributed by atoms with Gasteiger partial charge in [-0.15, -0.1) is 0 Å². The number of anilines is 1. The molecule has 0 amide bonds. The number of hydrogen-bond acceptors (Lipinski definition) is 3. The average molecular weight is 318 g/mol. The van der Waals surface area contributed by atoms with Crippen LogP contribution in [-0.2, 0) is 13.1 Å². The van der Waals surface area contributed by atoms with Crippen LogP contribution in [0, 0.1) is 0 Å². The highest BCUT2D eigenvalue weighted by atomic mass is 16.3. The fraction of sp³-hybridized carbons (Fsp3) is 0.190. The maximum absolute atomic E-state index is 9.86. The molecule has 0 saturated heterocycles. The maximum Gasteiger partial charge on any atom is 0.129 e. The van der Waals surface area contributed by atoms with E-state index in [4.69, 9.17) is 0 Å². The Kier molecular flexibility index (Phi) is 5.24. The van der Waals surface area contributed by atoms with E-state index in [0.29, 0.717) is 0 Å². The van der Waals surface area contributed by atoms with Crippen LogP contribution in [0.25, 0.3) is 0 Å². The largest absolute Gasteiger partial charge is 0.389 e. The first kappa shape index (κ1) is 16.2. The molecule has 1 aromatic heterocycles. The summed E-state index contributed by atoms with van der Waals surface area (Å²) in [5.74, 6) is 0.876. The van der Waals surface area contributed by atoms with E-state index in [1.54, 1.807) is 13.1 Å². The minimum absolute atomic E-state index is 0.498. The molecule has 3 heteroatoms. The predicted octanol–water partition coefficient (Wildman–Crippen LogP) is 4.34. The van der Waals surface area contributed by atoms with Gasteiger partial charge in [-0.05, 0) is 35.7 Å². The SMILES string of the molecule is C[C@@H](O)c1ccnc(N(Cc2ccccc2)Cc2ccccc2)c1. The molecule has 0 radical (unpaired) electrons. The number of pyridine rings is 1. The van der Waals surface area contributed by atoms with Crippen molar-refractivity contribution in [2.75, 3.05) is 4.90 Å². The van der Waals surface area contributed by atoms with Gasteiger partial charge >= 0.3 is 0 Å². The van der Waals surface area contributed by atoms with E-state index in [1.165, 1.54) is 11.1 Å². The molecule has 3 rings (SSSR count). The van der Waals surface area contributed by atoms with Crippen molar-refractivity contribution < 1.29 is 5.11 Å². The molecule has 0 spiro atoms. The van der Waals surface area contributed by atoms with Gasteiger partial charge in [-0.25, -0.2) is 4.98 Å². The van der Waals surface area contributed by atoms with Crippen molar-refractivity contribution >= 4 is 5.82 Å². The highest BCUT2D eigenvalue weighted by molar-refractivity contribution is 5.43. The maximum atomic E-state index is 9.86. The minimum Gasteiger partial charge on any atom is -0.389 e. The van der Waals surface area contributed by atoms with Crippen molar-refractivity contribution in [2.24, 2.45) is 0 Å². The van der Waals surface area contributed by atoms with Crippen LogP contribution in [0.4, 0.5) is 5.82 Å². The Bertz CT molecular complexity index is 716. The molecule has 3 nitrogen and oxygen atoms in total. The number of aromatic nitrogens is 1. The van der Waals surface area contributed by atoms with E-state index in [2.05, 4.69) is 58.4 Å². The normalized spacial score (nSPS) is 11.9. The Balaban J connectivity index is 1.90. The van der Waals surface area contributed by atoms with Crippen molar-refractivity contribution in [2.45, 2.75) is 26.1 Å². The van der Waals surface area contributed by atoms with Crippen molar-refractivity contribution in [1.29, 1.82) is 0 Å². The summed E-state index contributed by atoms with van der Waals surface area (Å²) in [6, 6.07) is 24.6. The molecule has 2 aromatic carbocycles. The van der Waals surface area contributed by atoms with Crippen molar-refractivity contribution in [1.82, 2.24) is 4.98 Å². The van der Waals surface area contributed by atoms with Gasteiger partial charge in [0.05, 0.1) is 6.10 Å².